The van der Waals surface area contributed by atoms with Gasteiger partial charge in [-0.1, -0.05) is 60.1 Å². The Balaban J connectivity index is 1.28. The number of benzene rings is 3. The van der Waals surface area contributed by atoms with Gasteiger partial charge in [0.25, 0.3) is 0 Å². The van der Waals surface area contributed by atoms with Gasteiger partial charge in [0.1, 0.15) is 17.9 Å². The molecule has 4 aromatic rings. The quantitative estimate of drug-likeness (QED) is 0.247. The lowest BCUT2D eigenvalue weighted by Crippen LogP contribution is -2.56. The molecule has 7 heteroatoms. The van der Waals surface area contributed by atoms with Crippen molar-refractivity contribution >= 4 is 34.8 Å². The van der Waals surface area contributed by atoms with Gasteiger partial charge in [-0.05, 0) is 70.5 Å². The summed E-state index contributed by atoms with van der Waals surface area (Å²) in [4.78, 5) is 27.5. The number of fused-ring (bicyclic) bond motifs is 1. The number of carbonyl (C=O) groups excluding carboxylic acids is 2. The van der Waals surface area contributed by atoms with Crippen LogP contribution in [0.25, 0.3) is 11.1 Å². The normalized spacial score (nSPS) is 16.1. The van der Waals surface area contributed by atoms with E-state index in [1.807, 2.05) is 78.2 Å². The maximum Gasteiger partial charge on any atom is 0.332 e. The Morgan fingerprint density at radius 3 is 2.39 bits per heavy atom. The zero-order chi connectivity index (χ0) is 26.5. The summed E-state index contributed by atoms with van der Waals surface area (Å²) in [6.07, 6.45) is 0.922. The molecule has 0 bridgehead atoms. The van der Waals surface area contributed by atoms with Crippen molar-refractivity contribution in [1.82, 2.24) is 5.32 Å². The largest absolute Gasteiger partial charge is 0.488 e. The van der Waals surface area contributed by atoms with Crippen LogP contribution in [0.3, 0.4) is 0 Å². The van der Waals surface area contributed by atoms with E-state index in [1.54, 1.807) is 18.3 Å². The summed E-state index contributed by atoms with van der Waals surface area (Å²) in [5.74, 6) is 0.110. The summed E-state index contributed by atoms with van der Waals surface area (Å²) in [5, 5.41) is 5.74. The van der Waals surface area contributed by atoms with Gasteiger partial charge in [-0.2, -0.15) is 0 Å². The Morgan fingerprint density at radius 1 is 0.947 bits per heavy atom. The van der Waals surface area contributed by atoms with Crippen LogP contribution in [0.4, 0.5) is 0 Å². The first-order valence-corrected chi connectivity index (χ1v) is 13.8. The van der Waals surface area contributed by atoms with Crippen LogP contribution in [0.1, 0.15) is 28.5 Å². The van der Waals surface area contributed by atoms with E-state index in [2.05, 4.69) is 11.4 Å². The lowest BCUT2D eigenvalue weighted by molar-refractivity contribution is -0.153. The number of hydrogen-bond acceptors (Lipinski definition) is 5. The average molecular weight is 546 g/mol. The molecule has 1 atom stereocenters. The highest BCUT2D eigenvalue weighted by Gasteiger charge is 2.46. The molecule has 1 aliphatic rings. The summed E-state index contributed by atoms with van der Waals surface area (Å²) in [7, 11) is 0. The van der Waals surface area contributed by atoms with Gasteiger partial charge < -0.3 is 14.8 Å². The first kappa shape index (κ1) is 26.0. The molecule has 0 saturated carbocycles. The van der Waals surface area contributed by atoms with Crippen molar-refractivity contribution in [1.29, 1.82) is 0 Å². The molecule has 0 fully saturated rings. The van der Waals surface area contributed by atoms with Crippen LogP contribution >= 0.6 is 22.9 Å². The first-order chi connectivity index (χ1) is 18.4. The second-order valence-electron chi connectivity index (χ2n) is 9.38. The molecule has 1 heterocycles. The molecule has 0 radical (unpaired) electrons. The number of halogens is 1. The number of rotatable bonds is 9. The van der Waals surface area contributed by atoms with Gasteiger partial charge in [-0.3, -0.25) is 4.79 Å². The van der Waals surface area contributed by atoms with Crippen molar-refractivity contribution in [2.24, 2.45) is 0 Å². The number of ether oxygens (including phenoxy) is 2. The lowest BCUT2D eigenvalue weighted by Gasteiger charge is -2.28. The van der Waals surface area contributed by atoms with E-state index in [0.717, 1.165) is 38.4 Å². The zero-order valence-electron chi connectivity index (χ0n) is 21.0. The van der Waals surface area contributed by atoms with Gasteiger partial charge in [0, 0.05) is 22.7 Å². The third-order valence-corrected chi connectivity index (χ3v) is 7.76. The highest BCUT2D eigenvalue weighted by Crippen LogP contribution is 2.35. The molecule has 0 saturated heterocycles. The Bertz CT molecular complexity index is 1420. The maximum atomic E-state index is 13.2. The molecule has 38 heavy (non-hydrogen) atoms. The molecule has 194 valence electrons. The lowest BCUT2D eigenvalue weighted by atomic mass is 9.95. The second kappa shape index (κ2) is 11.4. The van der Waals surface area contributed by atoms with Crippen LogP contribution in [0.15, 0.2) is 84.2 Å². The van der Waals surface area contributed by atoms with E-state index in [1.165, 1.54) is 0 Å². The highest BCUT2D eigenvalue weighted by atomic mass is 35.5. The molecular formula is C31H28ClNO4S. The van der Waals surface area contributed by atoms with E-state index in [-0.39, 0.29) is 18.9 Å². The Labute approximate surface area is 231 Å². The van der Waals surface area contributed by atoms with Crippen LogP contribution in [0.5, 0.6) is 5.75 Å². The minimum absolute atomic E-state index is 0.152. The number of esters is 1. The molecule has 1 unspecified atom stereocenters. The number of thiophene rings is 1. The van der Waals surface area contributed by atoms with E-state index >= 15 is 0 Å². The summed E-state index contributed by atoms with van der Waals surface area (Å²) in [5.41, 5.74) is 3.84. The molecule has 1 aromatic heterocycles. The van der Waals surface area contributed by atoms with Crippen molar-refractivity contribution < 1.29 is 19.1 Å². The van der Waals surface area contributed by atoms with E-state index in [0.29, 0.717) is 24.5 Å². The fraction of sp³-hybridized carbons (Fsp3) is 0.226. The SMILES string of the molecule is CCOC(=O)C1(NC(=O)Cc2ccc(OCc3cccs3)cc2)Cc2ccc(-c3ccc(Cl)cc3)cc2C1. The summed E-state index contributed by atoms with van der Waals surface area (Å²) < 4.78 is 11.2. The van der Waals surface area contributed by atoms with Crippen molar-refractivity contribution in [3.63, 3.8) is 0 Å². The number of amides is 1. The number of nitrogens with one attached hydrogen (secondary N) is 1. The third-order valence-electron chi connectivity index (χ3n) is 6.66. The van der Waals surface area contributed by atoms with Crippen LogP contribution in [-0.4, -0.2) is 24.0 Å². The van der Waals surface area contributed by atoms with Gasteiger partial charge in [-0.25, -0.2) is 4.79 Å². The first-order valence-electron chi connectivity index (χ1n) is 12.5. The Kier molecular flexibility index (Phi) is 7.82. The molecule has 1 amide bonds. The van der Waals surface area contributed by atoms with Gasteiger partial charge >= 0.3 is 5.97 Å². The third kappa shape index (κ3) is 5.93. The number of hydrogen-bond donors (Lipinski definition) is 1. The summed E-state index contributed by atoms with van der Waals surface area (Å²) in [6.45, 7) is 2.53. The molecule has 5 rings (SSSR count). The van der Waals surface area contributed by atoms with Crippen molar-refractivity contribution in [3.05, 3.63) is 111 Å². The van der Waals surface area contributed by atoms with Crippen molar-refractivity contribution in [2.75, 3.05) is 6.61 Å². The maximum absolute atomic E-state index is 13.2. The fourth-order valence-electron chi connectivity index (χ4n) is 4.80. The van der Waals surface area contributed by atoms with Crippen LogP contribution in [-0.2, 0) is 40.2 Å². The standard InChI is InChI=1S/C31H28ClNO4S/c1-2-36-30(35)31(18-24-8-7-23(17-25(24)19-31)22-9-11-26(32)12-10-22)33-29(34)16-21-5-13-27(14-6-21)37-20-28-4-3-15-38-28/h3-15,17H,2,16,18-20H2,1H3,(H,33,34). The predicted molar refractivity (Wildman–Crippen MR) is 151 cm³/mol. The van der Waals surface area contributed by atoms with Crippen LogP contribution < -0.4 is 10.1 Å². The van der Waals surface area contributed by atoms with Crippen molar-refractivity contribution in [2.45, 2.75) is 38.3 Å². The van der Waals surface area contributed by atoms with E-state index < -0.39 is 11.5 Å². The second-order valence-corrected chi connectivity index (χ2v) is 10.9. The smallest absolute Gasteiger partial charge is 0.332 e. The molecule has 5 nitrogen and oxygen atoms in total. The topological polar surface area (TPSA) is 64.6 Å². The average Bonchev–Trinajstić information content (AvgIpc) is 3.56. The molecule has 1 aliphatic carbocycles. The Morgan fingerprint density at radius 2 is 1.68 bits per heavy atom. The van der Waals surface area contributed by atoms with Gasteiger partial charge in [-0.15, -0.1) is 11.3 Å². The molecule has 3 aromatic carbocycles. The minimum atomic E-state index is -1.13. The molecular weight excluding hydrogens is 518 g/mol. The highest BCUT2D eigenvalue weighted by molar-refractivity contribution is 7.09. The fourth-order valence-corrected chi connectivity index (χ4v) is 5.54. The van der Waals surface area contributed by atoms with Crippen molar-refractivity contribution in [3.8, 4) is 16.9 Å². The molecule has 0 aliphatic heterocycles. The van der Waals surface area contributed by atoms with Gasteiger partial charge in [0.05, 0.1) is 13.0 Å². The summed E-state index contributed by atoms with van der Waals surface area (Å²) >= 11 is 7.69. The van der Waals surface area contributed by atoms with Crippen LogP contribution in [0.2, 0.25) is 5.02 Å². The zero-order valence-corrected chi connectivity index (χ0v) is 22.6. The van der Waals surface area contributed by atoms with Gasteiger partial charge in [0.2, 0.25) is 5.91 Å². The molecule has 0 spiro atoms. The monoisotopic (exact) mass is 545 g/mol. The molecule has 1 N–H and O–H groups in total. The van der Waals surface area contributed by atoms with E-state index in [4.69, 9.17) is 21.1 Å². The van der Waals surface area contributed by atoms with Crippen LogP contribution in [0, 0.1) is 0 Å². The predicted octanol–water partition coefficient (Wildman–Crippen LogP) is 6.41. The summed E-state index contributed by atoms with van der Waals surface area (Å²) in [6, 6.07) is 25.3. The van der Waals surface area contributed by atoms with E-state index in [9.17, 15) is 9.59 Å². The number of carbonyl (C=O) groups is 2. The minimum Gasteiger partial charge on any atom is -0.488 e. The Hall–Kier alpha value is -3.61. The van der Waals surface area contributed by atoms with Gasteiger partial charge in [0.15, 0.2) is 0 Å².